The van der Waals surface area contributed by atoms with E-state index < -0.39 is 5.97 Å². The minimum absolute atomic E-state index is 0.0702. The van der Waals surface area contributed by atoms with Crippen molar-refractivity contribution < 1.29 is 19.1 Å². The first-order valence-corrected chi connectivity index (χ1v) is 4.95. The van der Waals surface area contributed by atoms with Crippen molar-refractivity contribution >= 4 is 11.8 Å². The van der Waals surface area contributed by atoms with Crippen LogP contribution in [0.1, 0.15) is 26.2 Å². The van der Waals surface area contributed by atoms with Crippen LogP contribution in [0.15, 0.2) is 24.2 Å². The number of ether oxygens (including phenoxy) is 2. The standard InChI is InChI=1S/C11H14O4/c1-2-14-11(13)6-7-15-10-5-3-4-9(12)8-10/h6-8H,2-5H2,1H3/b7-6+. The summed E-state index contributed by atoms with van der Waals surface area (Å²) >= 11 is 0. The van der Waals surface area contributed by atoms with Crippen LogP contribution in [0, 0.1) is 0 Å². The summed E-state index contributed by atoms with van der Waals surface area (Å²) in [5.74, 6) is 0.229. The molecule has 0 aromatic carbocycles. The average Bonchev–Trinajstić information content (AvgIpc) is 2.18. The summed E-state index contributed by atoms with van der Waals surface area (Å²) in [6, 6.07) is 0. The Hall–Kier alpha value is -1.58. The molecule has 1 rings (SSSR count). The monoisotopic (exact) mass is 210 g/mol. The Morgan fingerprint density at radius 1 is 1.53 bits per heavy atom. The second-order valence-electron chi connectivity index (χ2n) is 3.10. The van der Waals surface area contributed by atoms with Crippen molar-refractivity contribution in [1.29, 1.82) is 0 Å². The van der Waals surface area contributed by atoms with Gasteiger partial charge in [0.05, 0.1) is 18.9 Å². The first-order chi connectivity index (χ1) is 7.22. The fourth-order valence-electron chi connectivity index (χ4n) is 1.22. The number of carbonyl (C=O) groups excluding carboxylic acids is 2. The van der Waals surface area contributed by atoms with Crippen LogP contribution >= 0.6 is 0 Å². The Bertz CT molecular complexity index is 302. The van der Waals surface area contributed by atoms with Crippen LogP contribution in [0.3, 0.4) is 0 Å². The second-order valence-corrected chi connectivity index (χ2v) is 3.10. The lowest BCUT2D eigenvalue weighted by Crippen LogP contribution is -2.04. The summed E-state index contributed by atoms with van der Waals surface area (Å²) in [4.78, 5) is 21.9. The van der Waals surface area contributed by atoms with Crippen molar-refractivity contribution in [1.82, 2.24) is 0 Å². The quantitative estimate of drug-likeness (QED) is 0.402. The van der Waals surface area contributed by atoms with E-state index in [-0.39, 0.29) is 5.78 Å². The molecule has 0 heterocycles. The van der Waals surface area contributed by atoms with Gasteiger partial charge in [0, 0.05) is 18.9 Å². The molecule has 4 nitrogen and oxygen atoms in total. The molecule has 0 spiro atoms. The highest BCUT2D eigenvalue weighted by molar-refractivity contribution is 5.90. The second kappa shape index (κ2) is 6.01. The molecule has 0 bridgehead atoms. The normalized spacial score (nSPS) is 16.3. The van der Waals surface area contributed by atoms with Gasteiger partial charge in [-0.2, -0.15) is 0 Å². The van der Waals surface area contributed by atoms with E-state index in [0.29, 0.717) is 18.8 Å². The molecule has 15 heavy (non-hydrogen) atoms. The van der Waals surface area contributed by atoms with E-state index in [9.17, 15) is 9.59 Å². The van der Waals surface area contributed by atoms with Crippen LogP contribution in [0.4, 0.5) is 0 Å². The Labute approximate surface area is 88.6 Å². The topological polar surface area (TPSA) is 52.6 Å². The van der Waals surface area contributed by atoms with E-state index in [1.165, 1.54) is 18.4 Å². The molecule has 0 saturated heterocycles. The molecule has 0 saturated carbocycles. The van der Waals surface area contributed by atoms with Crippen molar-refractivity contribution in [2.75, 3.05) is 6.61 Å². The summed E-state index contributed by atoms with van der Waals surface area (Å²) in [6.45, 7) is 2.07. The van der Waals surface area contributed by atoms with E-state index >= 15 is 0 Å². The highest BCUT2D eigenvalue weighted by Crippen LogP contribution is 2.16. The molecule has 0 aliphatic heterocycles. The predicted octanol–water partition coefficient (Wildman–Crippen LogP) is 1.72. The van der Waals surface area contributed by atoms with Gasteiger partial charge >= 0.3 is 5.97 Å². The SMILES string of the molecule is CCOC(=O)/C=C/OC1=CC(=O)CCC1. The van der Waals surface area contributed by atoms with Crippen LogP contribution in [0.2, 0.25) is 0 Å². The van der Waals surface area contributed by atoms with Gasteiger partial charge in [0.1, 0.15) is 5.76 Å². The summed E-state index contributed by atoms with van der Waals surface area (Å²) in [7, 11) is 0. The third-order valence-electron chi connectivity index (χ3n) is 1.88. The smallest absolute Gasteiger partial charge is 0.333 e. The Morgan fingerprint density at radius 3 is 3.00 bits per heavy atom. The van der Waals surface area contributed by atoms with Crippen LogP contribution in [0.5, 0.6) is 0 Å². The molecule has 0 aromatic heterocycles. The Kier molecular flexibility index (Phi) is 4.60. The minimum Gasteiger partial charge on any atom is -0.469 e. The molecule has 0 amide bonds. The summed E-state index contributed by atoms with van der Waals surface area (Å²) in [5.41, 5.74) is 0. The summed E-state index contributed by atoms with van der Waals surface area (Å²) < 4.78 is 9.79. The molecule has 82 valence electrons. The number of esters is 1. The van der Waals surface area contributed by atoms with E-state index in [1.807, 2.05) is 0 Å². The highest BCUT2D eigenvalue weighted by atomic mass is 16.5. The fraction of sp³-hybridized carbons (Fsp3) is 0.455. The predicted molar refractivity (Wildman–Crippen MR) is 53.8 cm³/mol. The largest absolute Gasteiger partial charge is 0.469 e. The third kappa shape index (κ3) is 4.44. The fourth-order valence-corrected chi connectivity index (χ4v) is 1.22. The van der Waals surface area contributed by atoms with Crippen LogP contribution in [-0.2, 0) is 19.1 Å². The molecule has 4 heteroatoms. The average molecular weight is 210 g/mol. The number of hydrogen-bond donors (Lipinski definition) is 0. The van der Waals surface area contributed by atoms with Crippen molar-refractivity contribution in [3.8, 4) is 0 Å². The molecule has 0 unspecified atom stereocenters. The zero-order valence-electron chi connectivity index (χ0n) is 8.69. The van der Waals surface area contributed by atoms with Gasteiger partial charge in [-0.3, -0.25) is 4.79 Å². The van der Waals surface area contributed by atoms with Crippen LogP contribution in [-0.4, -0.2) is 18.4 Å². The first-order valence-electron chi connectivity index (χ1n) is 4.95. The third-order valence-corrected chi connectivity index (χ3v) is 1.88. The maximum atomic E-state index is 11.0. The number of hydrogen-bond acceptors (Lipinski definition) is 4. The van der Waals surface area contributed by atoms with Gasteiger partial charge in [-0.25, -0.2) is 4.79 Å². The minimum atomic E-state index is -0.444. The van der Waals surface area contributed by atoms with Gasteiger partial charge in [0.15, 0.2) is 5.78 Å². The number of carbonyl (C=O) groups is 2. The zero-order valence-corrected chi connectivity index (χ0v) is 8.69. The van der Waals surface area contributed by atoms with Crippen molar-refractivity contribution in [3.05, 3.63) is 24.2 Å². The molecule has 0 aromatic rings. The van der Waals surface area contributed by atoms with Crippen molar-refractivity contribution in [2.45, 2.75) is 26.2 Å². The highest BCUT2D eigenvalue weighted by Gasteiger charge is 2.09. The van der Waals surface area contributed by atoms with Gasteiger partial charge < -0.3 is 9.47 Å². The number of allylic oxidation sites excluding steroid dienone is 2. The lowest BCUT2D eigenvalue weighted by atomic mass is 10.1. The lowest BCUT2D eigenvalue weighted by Gasteiger charge is -2.09. The van der Waals surface area contributed by atoms with E-state index in [4.69, 9.17) is 4.74 Å². The van der Waals surface area contributed by atoms with E-state index in [2.05, 4.69) is 4.74 Å². The molecular formula is C11H14O4. The Balaban J connectivity index is 2.36. The van der Waals surface area contributed by atoms with E-state index in [0.717, 1.165) is 12.8 Å². The maximum Gasteiger partial charge on any atom is 0.333 e. The summed E-state index contributed by atoms with van der Waals surface area (Å²) in [5, 5.41) is 0. The Morgan fingerprint density at radius 2 is 2.33 bits per heavy atom. The van der Waals surface area contributed by atoms with Gasteiger partial charge in [-0.15, -0.1) is 0 Å². The lowest BCUT2D eigenvalue weighted by molar-refractivity contribution is -0.137. The van der Waals surface area contributed by atoms with Crippen molar-refractivity contribution in [2.24, 2.45) is 0 Å². The van der Waals surface area contributed by atoms with Crippen LogP contribution in [0.25, 0.3) is 0 Å². The maximum absolute atomic E-state index is 11.0. The number of rotatable bonds is 4. The van der Waals surface area contributed by atoms with Gasteiger partial charge in [-0.05, 0) is 13.3 Å². The first kappa shape index (κ1) is 11.5. The van der Waals surface area contributed by atoms with Crippen LogP contribution < -0.4 is 0 Å². The molecule has 0 fully saturated rings. The molecular weight excluding hydrogens is 196 g/mol. The van der Waals surface area contributed by atoms with Gasteiger partial charge in [-0.1, -0.05) is 0 Å². The molecule has 1 aliphatic carbocycles. The molecule has 0 N–H and O–H groups in total. The van der Waals surface area contributed by atoms with Crippen molar-refractivity contribution in [3.63, 3.8) is 0 Å². The molecule has 0 atom stereocenters. The molecule has 0 radical (unpaired) electrons. The van der Waals surface area contributed by atoms with E-state index in [1.54, 1.807) is 6.92 Å². The summed E-state index contributed by atoms with van der Waals surface area (Å²) in [6.07, 6.45) is 6.04. The van der Waals surface area contributed by atoms with Gasteiger partial charge in [0.2, 0.25) is 0 Å². The number of ketones is 1. The zero-order chi connectivity index (χ0) is 11.1. The van der Waals surface area contributed by atoms with Gasteiger partial charge in [0.25, 0.3) is 0 Å². The molecule has 1 aliphatic rings.